The van der Waals surface area contributed by atoms with Gasteiger partial charge in [0.2, 0.25) is 0 Å². The van der Waals surface area contributed by atoms with Gasteiger partial charge in [0.1, 0.15) is 6.04 Å². The van der Waals surface area contributed by atoms with Gasteiger partial charge in [-0.05, 0) is 17.7 Å². The minimum absolute atomic E-state index is 0.0350. The van der Waals surface area contributed by atoms with Crippen molar-refractivity contribution in [1.29, 1.82) is 0 Å². The van der Waals surface area contributed by atoms with E-state index in [0.717, 1.165) is 0 Å². The summed E-state index contributed by atoms with van der Waals surface area (Å²) >= 11 is 6.14. The molecule has 0 radical (unpaired) electrons. The average Bonchev–Trinajstić information content (AvgIpc) is 2.41. The highest BCUT2D eigenvalue weighted by Crippen LogP contribution is 2.29. The second-order valence-corrected chi connectivity index (χ2v) is 4.65. The minimum Gasteiger partial charge on any atom is -0.468 e. The zero-order chi connectivity index (χ0) is 13.8. The summed E-state index contributed by atoms with van der Waals surface area (Å²) in [6.45, 7) is 0.693. The Balaban J connectivity index is 2.37. The maximum Gasteiger partial charge on any atom is 0.327 e. The first-order chi connectivity index (χ1) is 9.13. The number of hydrogen-bond acceptors (Lipinski definition) is 4. The van der Waals surface area contributed by atoms with Crippen LogP contribution in [0.4, 0.5) is 0 Å². The molecule has 4 nitrogen and oxygen atoms in total. The zero-order valence-electron chi connectivity index (χ0n) is 10.5. The molecule has 1 aromatic carbocycles. The maximum atomic E-state index is 12.0. The maximum absolute atomic E-state index is 12.0. The molecule has 0 amide bonds. The van der Waals surface area contributed by atoms with Crippen LogP contribution in [-0.2, 0) is 14.3 Å². The van der Waals surface area contributed by atoms with Gasteiger partial charge in [-0.3, -0.25) is 9.69 Å². The van der Waals surface area contributed by atoms with Crippen molar-refractivity contribution in [3.63, 3.8) is 0 Å². The number of esters is 1. The number of methoxy groups -OCH3 is 1. The predicted octanol–water partition coefficient (Wildman–Crippen LogP) is 1.99. The Labute approximate surface area is 116 Å². The molecule has 1 heterocycles. The molecule has 1 aliphatic rings. The smallest absolute Gasteiger partial charge is 0.327 e. The van der Waals surface area contributed by atoms with E-state index in [2.05, 4.69) is 0 Å². The highest BCUT2D eigenvalue weighted by Gasteiger charge is 2.31. The van der Waals surface area contributed by atoms with Crippen molar-refractivity contribution in [3.05, 3.63) is 47.0 Å². The van der Waals surface area contributed by atoms with Gasteiger partial charge in [-0.1, -0.05) is 35.9 Å². The van der Waals surface area contributed by atoms with E-state index in [1.165, 1.54) is 13.2 Å². The summed E-state index contributed by atoms with van der Waals surface area (Å²) in [5.41, 5.74) is 0.652. The van der Waals surface area contributed by atoms with Gasteiger partial charge in [0, 0.05) is 11.6 Å². The topological polar surface area (TPSA) is 46.6 Å². The largest absolute Gasteiger partial charge is 0.468 e. The number of ketones is 1. The van der Waals surface area contributed by atoms with E-state index in [-0.39, 0.29) is 12.3 Å². The molecule has 0 N–H and O–H groups in total. The average molecular weight is 280 g/mol. The molecule has 0 saturated carbocycles. The number of benzene rings is 1. The van der Waals surface area contributed by atoms with Crippen LogP contribution >= 0.6 is 11.6 Å². The summed E-state index contributed by atoms with van der Waals surface area (Å²) in [5.74, 6) is -0.455. The number of carbonyl (C=O) groups is 2. The molecule has 0 aromatic heterocycles. The number of rotatable bonds is 3. The van der Waals surface area contributed by atoms with Gasteiger partial charge in [0.05, 0.1) is 13.7 Å². The number of hydrogen-bond donors (Lipinski definition) is 0. The van der Waals surface area contributed by atoms with Crippen molar-refractivity contribution in [2.45, 2.75) is 6.04 Å². The first-order valence-corrected chi connectivity index (χ1v) is 6.27. The Bertz CT molecular complexity index is 527. The van der Waals surface area contributed by atoms with Gasteiger partial charge in [0.25, 0.3) is 0 Å². The van der Waals surface area contributed by atoms with Gasteiger partial charge < -0.3 is 4.74 Å². The van der Waals surface area contributed by atoms with E-state index in [4.69, 9.17) is 16.3 Å². The van der Waals surface area contributed by atoms with Crippen LogP contribution in [0.25, 0.3) is 0 Å². The number of nitrogens with zero attached hydrogens (tertiary/aromatic N) is 1. The van der Waals surface area contributed by atoms with Gasteiger partial charge in [0.15, 0.2) is 5.78 Å². The Morgan fingerprint density at radius 2 is 2.16 bits per heavy atom. The third-order valence-corrected chi connectivity index (χ3v) is 3.34. The Morgan fingerprint density at radius 3 is 2.79 bits per heavy atom. The standard InChI is InChI=1S/C14H14ClNO3/c1-19-14(18)13(11-6-2-3-7-12(11)15)16-8-4-5-10(17)9-16/h2-7,13H,8-9H2,1H3/t13-/m0/s1. The van der Waals surface area contributed by atoms with Crippen LogP contribution in [0.2, 0.25) is 5.02 Å². The number of halogens is 1. The van der Waals surface area contributed by atoms with Crippen molar-refractivity contribution in [3.8, 4) is 0 Å². The monoisotopic (exact) mass is 279 g/mol. The normalized spacial score (nSPS) is 17.3. The molecule has 1 aromatic rings. The second kappa shape index (κ2) is 5.99. The molecule has 1 atom stereocenters. The lowest BCUT2D eigenvalue weighted by atomic mass is 10.0. The van der Waals surface area contributed by atoms with Crippen LogP contribution in [0, 0.1) is 0 Å². The lowest BCUT2D eigenvalue weighted by Crippen LogP contribution is -2.40. The molecular formula is C14H14ClNO3. The molecule has 19 heavy (non-hydrogen) atoms. The molecule has 0 unspecified atom stereocenters. The molecule has 0 saturated heterocycles. The van der Waals surface area contributed by atoms with Crippen LogP contribution in [0.1, 0.15) is 11.6 Å². The lowest BCUT2D eigenvalue weighted by molar-refractivity contribution is -0.147. The van der Waals surface area contributed by atoms with Gasteiger partial charge in [-0.25, -0.2) is 4.79 Å². The summed E-state index contributed by atoms with van der Waals surface area (Å²) in [7, 11) is 1.33. The van der Waals surface area contributed by atoms with Crippen molar-refractivity contribution in [1.82, 2.24) is 4.90 Å². The molecule has 1 aliphatic heterocycles. The van der Waals surface area contributed by atoms with Crippen molar-refractivity contribution < 1.29 is 14.3 Å². The summed E-state index contributed by atoms with van der Waals surface area (Å²) in [4.78, 5) is 25.2. The summed E-state index contributed by atoms with van der Waals surface area (Å²) < 4.78 is 4.84. The van der Waals surface area contributed by atoms with Crippen molar-refractivity contribution in [2.24, 2.45) is 0 Å². The molecule has 5 heteroatoms. The van der Waals surface area contributed by atoms with Crippen LogP contribution in [-0.4, -0.2) is 36.9 Å². The highest BCUT2D eigenvalue weighted by atomic mass is 35.5. The fourth-order valence-electron chi connectivity index (χ4n) is 2.11. The predicted molar refractivity (Wildman–Crippen MR) is 71.9 cm³/mol. The molecule has 2 rings (SSSR count). The molecule has 0 aliphatic carbocycles. The van der Waals surface area contributed by atoms with E-state index < -0.39 is 12.0 Å². The van der Waals surface area contributed by atoms with Crippen molar-refractivity contribution in [2.75, 3.05) is 20.2 Å². The molecular weight excluding hydrogens is 266 g/mol. The van der Waals surface area contributed by atoms with E-state index >= 15 is 0 Å². The lowest BCUT2D eigenvalue weighted by Gasteiger charge is -2.30. The van der Waals surface area contributed by atoms with Crippen LogP contribution in [0.3, 0.4) is 0 Å². The van der Waals surface area contributed by atoms with Crippen LogP contribution < -0.4 is 0 Å². The Kier molecular flexibility index (Phi) is 4.35. The van der Waals surface area contributed by atoms with Crippen LogP contribution in [0.5, 0.6) is 0 Å². The Morgan fingerprint density at radius 1 is 1.42 bits per heavy atom. The van der Waals surface area contributed by atoms with E-state index in [0.29, 0.717) is 17.1 Å². The fourth-order valence-corrected chi connectivity index (χ4v) is 2.35. The van der Waals surface area contributed by atoms with Gasteiger partial charge in [-0.15, -0.1) is 0 Å². The molecule has 0 spiro atoms. The molecule has 0 fully saturated rings. The first kappa shape index (κ1) is 13.8. The minimum atomic E-state index is -0.660. The highest BCUT2D eigenvalue weighted by molar-refractivity contribution is 6.31. The SMILES string of the molecule is COC(=O)[C@H](c1ccccc1Cl)N1CC=CC(=O)C1. The van der Waals surface area contributed by atoms with Crippen molar-refractivity contribution >= 4 is 23.4 Å². The van der Waals surface area contributed by atoms with E-state index in [1.54, 1.807) is 35.2 Å². The first-order valence-electron chi connectivity index (χ1n) is 5.89. The fraction of sp³-hybridized carbons (Fsp3) is 0.286. The van der Waals surface area contributed by atoms with E-state index in [9.17, 15) is 9.59 Å². The summed E-state index contributed by atoms with van der Waals surface area (Å²) in [5, 5.41) is 0.486. The molecule has 0 bridgehead atoms. The number of ether oxygens (including phenoxy) is 1. The molecule has 100 valence electrons. The van der Waals surface area contributed by atoms with Gasteiger partial charge in [-0.2, -0.15) is 0 Å². The Hall–Kier alpha value is -1.65. The van der Waals surface area contributed by atoms with Gasteiger partial charge >= 0.3 is 5.97 Å². The summed E-state index contributed by atoms with van der Waals surface area (Å²) in [6.07, 6.45) is 3.26. The summed E-state index contributed by atoms with van der Waals surface area (Å²) in [6, 6.07) is 6.43. The van der Waals surface area contributed by atoms with E-state index in [1.807, 2.05) is 0 Å². The third-order valence-electron chi connectivity index (χ3n) is 2.99. The number of carbonyl (C=O) groups excluding carboxylic acids is 2. The third kappa shape index (κ3) is 3.03. The second-order valence-electron chi connectivity index (χ2n) is 4.25. The van der Waals surface area contributed by atoms with Crippen LogP contribution in [0.15, 0.2) is 36.4 Å². The quantitative estimate of drug-likeness (QED) is 0.794. The zero-order valence-corrected chi connectivity index (χ0v) is 11.3.